The molecular formula is C17H19FN4O2. The molecule has 3 rings (SSSR count). The number of amides is 1. The van der Waals surface area contributed by atoms with Crippen LogP contribution in [0.25, 0.3) is 0 Å². The second-order valence-corrected chi connectivity index (χ2v) is 5.47. The highest BCUT2D eigenvalue weighted by atomic mass is 19.1. The molecule has 1 aliphatic heterocycles. The number of anilines is 3. The largest absolute Gasteiger partial charge is 0.453 e. The highest BCUT2D eigenvalue weighted by Crippen LogP contribution is 2.20. The Hall–Kier alpha value is -2.83. The summed E-state index contributed by atoms with van der Waals surface area (Å²) in [6.45, 7) is 3.34. The van der Waals surface area contributed by atoms with Gasteiger partial charge in [0.2, 0.25) is 0 Å². The highest BCUT2D eigenvalue weighted by molar-refractivity contribution is 5.84. The summed E-state index contributed by atoms with van der Waals surface area (Å²) in [5.41, 5.74) is 1.62. The first-order valence-corrected chi connectivity index (χ1v) is 7.72. The molecule has 1 aliphatic rings. The number of nitrogens with zero attached hydrogens (tertiary/aromatic N) is 3. The van der Waals surface area contributed by atoms with Crippen molar-refractivity contribution in [3.8, 4) is 0 Å². The fourth-order valence-electron chi connectivity index (χ4n) is 2.66. The Bertz CT molecular complexity index is 683. The quantitative estimate of drug-likeness (QED) is 0.938. The lowest BCUT2D eigenvalue weighted by atomic mass is 10.2. The number of methoxy groups -OCH3 is 1. The second kappa shape index (κ2) is 7.16. The van der Waals surface area contributed by atoms with Gasteiger partial charge in [0, 0.05) is 31.9 Å². The molecule has 1 fully saturated rings. The molecule has 7 heteroatoms. The van der Waals surface area contributed by atoms with Crippen LogP contribution in [0.3, 0.4) is 0 Å². The van der Waals surface area contributed by atoms with Crippen LogP contribution in [0.15, 0.2) is 42.6 Å². The predicted octanol–water partition coefficient (Wildman–Crippen LogP) is 2.73. The van der Waals surface area contributed by atoms with Crippen molar-refractivity contribution in [3.05, 3.63) is 48.4 Å². The lowest BCUT2D eigenvalue weighted by Gasteiger charge is -2.36. The first-order valence-electron chi connectivity index (χ1n) is 7.72. The molecule has 0 bridgehead atoms. The zero-order chi connectivity index (χ0) is 16.9. The van der Waals surface area contributed by atoms with Gasteiger partial charge in [-0.05, 0) is 36.4 Å². The Morgan fingerprint density at radius 3 is 2.33 bits per heavy atom. The smallest absolute Gasteiger partial charge is 0.411 e. The maximum atomic E-state index is 13.0. The van der Waals surface area contributed by atoms with Gasteiger partial charge in [-0.25, -0.2) is 14.2 Å². The molecule has 0 radical (unpaired) electrons. The van der Waals surface area contributed by atoms with E-state index in [1.54, 1.807) is 24.4 Å². The molecule has 1 saturated heterocycles. The molecule has 6 nitrogen and oxygen atoms in total. The average Bonchev–Trinajstić information content (AvgIpc) is 2.63. The molecule has 0 spiro atoms. The molecule has 1 N–H and O–H groups in total. The van der Waals surface area contributed by atoms with Crippen molar-refractivity contribution >= 4 is 23.3 Å². The number of rotatable bonds is 3. The number of piperazine rings is 1. The summed E-state index contributed by atoms with van der Waals surface area (Å²) >= 11 is 0. The molecule has 24 heavy (non-hydrogen) atoms. The number of pyridine rings is 1. The fraction of sp³-hybridized carbons (Fsp3) is 0.294. The van der Waals surface area contributed by atoms with Gasteiger partial charge in [-0.1, -0.05) is 0 Å². The lowest BCUT2D eigenvalue weighted by Crippen LogP contribution is -2.46. The molecule has 126 valence electrons. The summed E-state index contributed by atoms with van der Waals surface area (Å²) < 4.78 is 17.5. The van der Waals surface area contributed by atoms with Crippen molar-refractivity contribution < 1.29 is 13.9 Å². The van der Waals surface area contributed by atoms with E-state index < -0.39 is 6.09 Å². The first kappa shape index (κ1) is 16.0. The number of hydrogen-bond acceptors (Lipinski definition) is 5. The van der Waals surface area contributed by atoms with Gasteiger partial charge in [0.1, 0.15) is 11.6 Å². The van der Waals surface area contributed by atoms with E-state index in [4.69, 9.17) is 0 Å². The van der Waals surface area contributed by atoms with Crippen LogP contribution in [0.2, 0.25) is 0 Å². The van der Waals surface area contributed by atoms with Gasteiger partial charge < -0.3 is 14.5 Å². The van der Waals surface area contributed by atoms with Gasteiger partial charge in [0.05, 0.1) is 19.0 Å². The third-order valence-corrected chi connectivity index (χ3v) is 3.98. The summed E-state index contributed by atoms with van der Waals surface area (Å²) in [6, 6.07) is 10.2. The molecule has 0 unspecified atom stereocenters. The number of halogens is 1. The van der Waals surface area contributed by atoms with Crippen molar-refractivity contribution in [1.82, 2.24) is 4.98 Å². The van der Waals surface area contributed by atoms with E-state index in [1.807, 2.05) is 6.07 Å². The van der Waals surface area contributed by atoms with E-state index in [0.717, 1.165) is 37.7 Å². The molecule has 2 aromatic rings. The Morgan fingerprint density at radius 2 is 1.75 bits per heavy atom. The van der Waals surface area contributed by atoms with E-state index in [2.05, 4.69) is 24.8 Å². The van der Waals surface area contributed by atoms with Crippen molar-refractivity contribution in [2.75, 3.05) is 48.4 Å². The standard InChI is InChI=1S/C17H19FN4O2/c1-24-17(23)20-14-4-7-16(19-12-14)22-10-8-21(9-11-22)15-5-2-13(18)3-6-15/h2-7,12H,8-11H2,1H3,(H,20,23). The monoisotopic (exact) mass is 330 g/mol. The zero-order valence-electron chi connectivity index (χ0n) is 13.4. The third-order valence-electron chi connectivity index (χ3n) is 3.98. The predicted molar refractivity (Wildman–Crippen MR) is 91.1 cm³/mol. The summed E-state index contributed by atoms with van der Waals surface area (Å²) in [6.07, 6.45) is 1.09. The molecule has 0 atom stereocenters. The van der Waals surface area contributed by atoms with Gasteiger partial charge in [-0.3, -0.25) is 5.32 Å². The number of aromatic nitrogens is 1. The first-order chi connectivity index (χ1) is 11.7. The normalized spacial score (nSPS) is 14.4. The van der Waals surface area contributed by atoms with Crippen LogP contribution >= 0.6 is 0 Å². The number of carbonyl (C=O) groups excluding carboxylic acids is 1. The highest BCUT2D eigenvalue weighted by Gasteiger charge is 2.18. The van der Waals surface area contributed by atoms with E-state index in [1.165, 1.54) is 19.2 Å². The molecule has 1 amide bonds. The van der Waals surface area contributed by atoms with Crippen LogP contribution < -0.4 is 15.1 Å². The van der Waals surface area contributed by atoms with Gasteiger partial charge in [0.25, 0.3) is 0 Å². The minimum absolute atomic E-state index is 0.220. The van der Waals surface area contributed by atoms with Gasteiger partial charge in [-0.2, -0.15) is 0 Å². The Labute approximate surface area is 139 Å². The van der Waals surface area contributed by atoms with Crippen LogP contribution in [-0.2, 0) is 4.74 Å². The summed E-state index contributed by atoms with van der Waals surface area (Å²) in [5.74, 6) is 0.645. The molecular weight excluding hydrogens is 311 g/mol. The Kier molecular flexibility index (Phi) is 4.79. The van der Waals surface area contributed by atoms with Crippen LogP contribution in [0.1, 0.15) is 0 Å². The van der Waals surface area contributed by atoms with Crippen LogP contribution in [0, 0.1) is 5.82 Å². The minimum atomic E-state index is -0.516. The van der Waals surface area contributed by atoms with Gasteiger partial charge >= 0.3 is 6.09 Å². The number of ether oxygens (including phenoxy) is 1. The number of nitrogens with one attached hydrogen (secondary N) is 1. The molecule has 0 aliphatic carbocycles. The molecule has 0 saturated carbocycles. The minimum Gasteiger partial charge on any atom is -0.453 e. The molecule has 1 aromatic carbocycles. The Balaban J connectivity index is 1.58. The molecule has 1 aromatic heterocycles. The SMILES string of the molecule is COC(=O)Nc1ccc(N2CCN(c3ccc(F)cc3)CC2)nc1. The summed E-state index contributed by atoms with van der Waals surface area (Å²) in [7, 11) is 1.32. The van der Waals surface area contributed by atoms with E-state index in [0.29, 0.717) is 5.69 Å². The van der Waals surface area contributed by atoms with Gasteiger partial charge in [-0.15, -0.1) is 0 Å². The molecule has 2 heterocycles. The van der Waals surface area contributed by atoms with Gasteiger partial charge in [0.15, 0.2) is 0 Å². The maximum absolute atomic E-state index is 13.0. The van der Waals surface area contributed by atoms with Crippen LogP contribution in [0.4, 0.5) is 26.4 Å². The van der Waals surface area contributed by atoms with Crippen LogP contribution in [0.5, 0.6) is 0 Å². The maximum Gasteiger partial charge on any atom is 0.411 e. The second-order valence-electron chi connectivity index (χ2n) is 5.47. The van der Waals surface area contributed by atoms with E-state index in [9.17, 15) is 9.18 Å². The number of hydrogen-bond donors (Lipinski definition) is 1. The average molecular weight is 330 g/mol. The summed E-state index contributed by atoms with van der Waals surface area (Å²) in [4.78, 5) is 20.0. The number of carbonyl (C=O) groups is 1. The Morgan fingerprint density at radius 1 is 1.08 bits per heavy atom. The number of benzene rings is 1. The fourth-order valence-corrected chi connectivity index (χ4v) is 2.66. The summed E-state index contributed by atoms with van der Waals surface area (Å²) in [5, 5.41) is 2.57. The third kappa shape index (κ3) is 3.73. The van der Waals surface area contributed by atoms with Crippen molar-refractivity contribution in [3.63, 3.8) is 0 Å². The topological polar surface area (TPSA) is 57.7 Å². The van der Waals surface area contributed by atoms with Crippen LogP contribution in [-0.4, -0.2) is 44.4 Å². The lowest BCUT2D eigenvalue weighted by molar-refractivity contribution is 0.187. The zero-order valence-corrected chi connectivity index (χ0v) is 13.4. The van der Waals surface area contributed by atoms with E-state index in [-0.39, 0.29) is 5.82 Å². The van der Waals surface area contributed by atoms with Crippen molar-refractivity contribution in [2.24, 2.45) is 0 Å². The van der Waals surface area contributed by atoms with Crippen molar-refractivity contribution in [2.45, 2.75) is 0 Å². The van der Waals surface area contributed by atoms with E-state index >= 15 is 0 Å². The van der Waals surface area contributed by atoms with Crippen molar-refractivity contribution in [1.29, 1.82) is 0 Å².